The molecule has 4 rings (SSSR count). The molecule has 0 radical (unpaired) electrons. The number of amides is 1. The minimum atomic E-state index is -2.89. The summed E-state index contributed by atoms with van der Waals surface area (Å²) in [6.07, 6.45) is 4.44. The lowest BCUT2D eigenvalue weighted by atomic mass is 10.2. The van der Waals surface area contributed by atoms with Gasteiger partial charge in [0.25, 0.3) is 5.91 Å². The van der Waals surface area contributed by atoms with Gasteiger partial charge in [-0.1, -0.05) is 25.0 Å². The van der Waals surface area contributed by atoms with Crippen LogP contribution in [0.5, 0.6) is 5.75 Å². The van der Waals surface area contributed by atoms with E-state index in [4.69, 9.17) is 0 Å². The molecule has 1 aliphatic carbocycles. The molecule has 7 heteroatoms. The van der Waals surface area contributed by atoms with Gasteiger partial charge in [-0.15, -0.1) is 0 Å². The molecule has 27 heavy (non-hydrogen) atoms. The molecular formula is C20H19F2N3O2. The number of fused-ring (bicyclic) bond motifs is 1. The van der Waals surface area contributed by atoms with Crippen molar-refractivity contribution in [3.8, 4) is 5.75 Å². The Bertz CT molecular complexity index is 948. The van der Waals surface area contributed by atoms with E-state index in [-0.39, 0.29) is 11.7 Å². The number of hydrogen-bond donors (Lipinski definition) is 1. The topological polar surface area (TPSA) is 56.2 Å². The Kier molecular flexibility index (Phi) is 4.75. The molecule has 1 fully saturated rings. The van der Waals surface area contributed by atoms with Gasteiger partial charge in [0.1, 0.15) is 5.75 Å². The summed E-state index contributed by atoms with van der Waals surface area (Å²) < 4.78 is 30.9. The van der Waals surface area contributed by atoms with Crippen molar-refractivity contribution in [2.45, 2.75) is 38.3 Å². The van der Waals surface area contributed by atoms with Gasteiger partial charge in [-0.2, -0.15) is 8.78 Å². The normalized spacial score (nSPS) is 14.8. The van der Waals surface area contributed by atoms with Crippen molar-refractivity contribution in [2.75, 3.05) is 5.32 Å². The lowest BCUT2D eigenvalue weighted by Gasteiger charge is -2.16. The number of ether oxygens (including phenoxy) is 1. The molecule has 1 heterocycles. The second-order valence-electron chi connectivity index (χ2n) is 6.59. The summed E-state index contributed by atoms with van der Waals surface area (Å²) >= 11 is 0. The third-order valence-electron chi connectivity index (χ3n) is 4.85. The smallest absolute Gasteiger partial charge is 0.387 e. The zero-order valence-corrected chi connectivity index (χ0v) is 14.6. The number of aromatic nitrogens is 2. The number of halogens is 2. The number of benzene rings is 2. The fourth-order valence-corrected chi connectivity index (χ4v) is 3.63. The first-order valence-corrected chi connectivity index (χ1v) is 8.95. The zero-order chi connectivity index (χ0) is 18.8. The Hall–Kier alpha value is -2.96. The van der Waals surface area contributed by atoms with Crippen LogP contribution in [0.4, 0.5) is 14.7 Å². The molecule has 1 N–H and O–H groups in total. The molecule has 2 aromatic carbocycles. The summed E-state index contributed by atoms with van der Waals surface area (Å²) in [5.74, 6) is 0.189. The number of rotatable bonds is 5. The van der Waals surface area contributed by atoms with E-state index in [1.54, 1.807) is 0 Å². The highest BCUT2D eigenvalue weighted by atomic mass is 19.3. The average molecular weight is 371 g/mol. The molecule has 0 spiro atoms. The number of alkyl halides is 2. The number of hydrogen-bond acceptors (Lipinski definition) is 3. The van der Waals surface area contributed by atoms with Gasteiger partial charge in [0.2, 0.25) is 5.95 Å². The number of nitrogens with one attached hydrogen (secondary N) is 1. The van der Waals surface area contributed by atoms with Gasteiger partial charge >= 0.3 is 6.61 Å². The lowest BCUT2D eigenvalue weighted by molar-refractivity contribution is -0.0498. The summed E-state index contributed by atoms with van der Waals surface area (Å²) in [5.41, 5.74) is 2.18. The van der Waals surface area contributed by atoms with Crippen molar-refractivity contribution in [2.24, 2.45) is 0 Å². The second kappa shape index (κ2) is 7.34. The van der Waals surface area contributed by atoms with E-state index in [1.165, 1.54) is 24.3 Å². The van der Waals surface area contributed by atoms with Crippen molar-refractivity contribution in [1.29, 1.82) is 0 Å². The standard InChI is InChI=1S/C20H19F2N3O2/c21-19(22)27-15-11-9-13(10-12-15)18(26)24-20-23-16-7-3-4-8-17(16)25(20)14-5-1-2-6-14/h3-4,7-12,14,19H,1-2,5-6H2,(H,23,24,26). The Balaban J connectivity index is 1.61. The van der Waals surface area contributed by atoms with E-state index in [0.29, 0.717) is 17.6 Å². The monoisotopic (exact) mass is 371 g/mol. The molecule has 1 saturated carbocycles. The maximum Gasteiger partial charge on any atom is 0.387 e. The summed E-state index contributed by atoms with van der Waals surface area (Å²) in [6, 6.07) is 13.7. The van der Waals surface area contributed by atoms with Crippen molar-refractivity contribution >= 4 is 22.9 Å². The van der Waals surface area contributed by atoms with Crippen LogP contribution < -0.4 is 10.1 Å². The SMILES string of the molecule is O=C(Nc1nc2ccccc2n1C1CCCC1)c1ccc(OC(F)F)cc1. The molecular weight excluding hydrogens is 352 g/mol. The summed E-state index contributed by atoms with van der Waals surface area (Å²) in [6.45, 7) is -2.89. The highest BCUT2D eigenvalue weighted by molar-refractivity contribution is 6.04. The van der Waals surface area contributed by atoms with Crippen molar-refractivity contribution < 1.29 is 18.3 Å². The molecule has 0 bridgehead atoms. The van der Waals surface area contributed by atoms with Crippen molar-refractivity contribution in [3.63, 3.8) is 0 Å². The molecule has 0 unspecified atom stereocenters. The van der Waals surface area contributed by atoms with E-state index in [9.17, 15) is 13.6 Å². The van der Waals surface area contributed by atoms with Crippen LogP contribution in [0.15, 0.2) is 48.5 Å². The van der Waals surface area contributed by atoms with Gasteiger partial charge in [-0.05, 0) is 49.2 Å². The molecule has 1 aliphatic rings. The molecule has 1 amide bonds. The molecule has 1 aromatic heterocycles. The van der Waals surface area contributed by atoms with Gasteiger partial charge in [0, 0.05) is 11.6 Å². The minimum absolute atomic E-state index is 0.0137. The highest BCUT2D eigenvalue weighted by Gasteiger charge is 2.23. The minimum Gasteiger partial charge on any atom is -0.435 e. The molecule has 5 nitrogen and oxygen atoms in total. The molecule has 140 valence electrons. The number of carbonyl (C=O) groups excluding carboxylic acids is 1. The maximum atomic E-state index is 12.6. The van der Waals surface area contributed by atoms with E-state index >= 15 is 0 Å². The van der Waals surface area contributed by atoms with Crippen LogP contribution in [0, 0.1) is 0 Å². The van der Waals surface area contributed by atoms with E-state index in [1.807, 2.05) is 24.3 Å². The third-order valence-corrected chi connectivity index (χ3v) is 4.85. The first-order valence-electron chi connectivity index (χ1n) is 8.95. The largest absolute Gasteiger partial charge is 0.435 e. The average Bonchev–Trinajstić information content (AvgIpc) is 3.28. The van der Waals surface area contributed by atoms with E-state index in [2.05, 4.69) is 19.6 Å². The Morgan fingerprint density at radius 3 is 2.52 bits per heavy atom. The van der Waals surface area contributed by atoms with Gasteiger partial charge in [-0.25, -0.2) is 4.98 Å². The van der Waals surface area contributed by atoms with E-state index in [0.717, 1.165) is 36.7 Å². The fourth-order valence-electron chi connectivity index (χ4n) is 3.63. The molecule has 0 saturated heterocycles. The number of carbonyl (C=O) groups is 1. The second-order valence-corrected chi connectivity index (χ2v) is 6.59. The summed E-state index contributed by atoms with van der Waals surface area (Å²) in [4.78, 5) is 17.2. The van der Waals surface area contributed by atoms with Crippen LogP contribution in [-0.4, -0.2) is 22.1 Å². The van der Waals surface area contributed by atoms with E-state index < -0.39 is 6.61 Å². The van der Waals surface area contributed by atoms with Crippen molar-refractivity contribution in [3.05, 3.63) is 54.1 Å². The predicted octanol–water partition coefficient (Wildman–Crippen LogP) is 5.01. The summed E-state index contributed by atoms with van der Waals surface area (Å²) in [5, 5.41) is 2.88. The first-order chi connectivity index (χ1) is 13.1. The maximum absolute atomic E-state index is 12.6. The van der Waals surface area contributed by atoms with Crippen molar-refractivity contribution in [1.82, 2.24) is 9.55 Å². The number of imidazole rings is 1. The molecule has 0 atom stereocenters. The number of para-hydroxylation sites is 2. The Labute approximate surface area is 155 Å². The Morgan fingerprint density at radius 1 is 1.11 bits per heavy atom. The van der Waals surface area contributed by atoms with Crippen LogP contribution >= 0.6 is 0 Å². The van der Waals surface area contributed by atoms with Crippen LogP contribution in [0.1, 0.15) is 42.1 Å². The van der Waals surface area contributed by atoms with Crippen LogP contribution in [-0.2, 0) is 0 Å². The predicted molar refractivity (Wildman–Crippen MR) is 98.3 cm³/mol. The molecule has 0 aliphatic heterocycles. The summed E-state index contributed by atoms with van der Waals surface area (Å²) in [7, 11) is 0. The Morgan fingerprint density at radius 2 is 1.81 bits per heavy atom. The fraction of sp³-hybridized carbons (Fsp3) is 0.300. The van der Waals surface area contributed by atoms with Crippen LogP contribution in [0.25, 0.3) is 11.0 Å². The number of anilines is 1. The van der Waals surface area contributed by atoms with Gasteiger partial charge in [-0.3, -0.25) is 10.1 Å². The van der Waals surface area contributed by atoms with Crippen LogP contribution in [0.2, 0.25) is 0 Å². The molecule has 3 aromatic rings. The number of nitrogens with zero attached hydrogens (tertiary/aromatic N) is 2. The highest BCUT2D eigenvalue weighted by Crippen LogP contribution is 2.35. The van der Waals surface area contributed by atoms with Gasteiger partial charge < -0.3 is 9.30 Å². The van der Waals surface area contributed by atoms with Gasteiger partial charge in [0.15, 0.2) is 0 Å². The lowest BCUT2D eigenvalue weighted by Crippen LogP contribution is -2.17. The quantitative estimate of drug-likeness (QED) is 0.686. The zero-order valence-electron chi connectivity index (χ0n) is 14.6. The van der Waals surface area contributed by atoms with Gasteiger partial charge in [0.05, 0.1) is 11.0 Å². The van der Waals surface area contributed by atoms with Crippen LogP contribution in [0.3, 0.4) is 0 Å². The first kappa shape index (κ1) is 17.5. The third kappa shape index (κ3) is 3.63.